The number of aliphatic hydroxyl groups excluding tert-OH is 1. The van der Waals surface area contributed by atoms with Gasteiger partial charge in [-0.3, -0.25) is 0 Å². The summed E-state index contributed by atoms with van der Waals surface area (Å²) in [5, 5.41) is 9.40. The Morgan fingerprint density at radius 3 is 2.43 bits per heavy atom. The van der Waals surface area contributed by atoms with E-state index in [1.165, 1.54) is 30.0 Å². The molecule has 1 unspecified atom stereocenters. The number of hydrogen-bond acceptors (Lipinski definition) is 2. The van der Waals surface area contributed by atoms with Gasteiger partial charge in [0.25, 0.3) is 0 Å². The zero-order chi connectivity index (χ0) is 10.6. The van der Waals surface area contributed by atoms with E-state index in [2.05, 4.69) is 0 Å². The van der Waals surface area contributed by atoms with Gasteiger partial charge in [0.05, 0.1) is 6.10 Å². The summed E-state index contributed by atoms with van der Waals surface area (Å²) >= 11 is 1.45. The quantitative estimate of drug-likeness (QED) is 0.836. The van der Waals surface area contributed by atoms with E-state index < -0.39 is 17.7 Å². The Bertz CT molecular complexity index is 284. The molecule has 1 atom stereocenters. The number of rotatable bonds is 4. The molecular formula is C10H12F2OS. The van der Waals surface area contributed by atoms with Crippen molar-refractivity contribution in [3.8, 4) is 0 Å². The summed E-state index contributed by atoms with van der Waals surface area (Å²) < 4.78 is 26.2. The van der Waals surface area contributed by atoms with E-state index in [9.17, 15) is 13.9 Å². The van der Waals surface area contributed by atoms with Gasteiger partial charge in [0, 0.05) is 17.7 Å². The summed E-state index contributed by atoms with van der Waals surface area (Å²) in [5.74, 6) is -0.705. The van der Waals surface area contributed by atoms with Crippen molar-refractivity contribution in [3.63, 3.8) is 0 Å². The van der Waals surface area contributed by atoms with Crippen LogP contribution in [0.5, 0.6) is 0 Å². The molecule has 0 amide bonds. The first kappa shape index (κ1) is 11.5. The fourth-order valence-corrected chi connectivity index (χ4v) is 1.72. The second-order valence-corrected chi connectivity index (χ2v) is 3.92. The molecule has 78 valence electrons. The highest BCUT2D eigenvalue weighted by molar-refractivity contribution is 7.98. The fraction of sp³-hybridized carbons (Fsp3) is 0.400. The third-order valence-corrected chi connectivity index (χ3v) is 2.58. The molecule has 0 aliphatic heterocycles. The van der Waals surface area contributed by atoms with Gasteiger partial charge in [0.2, 0.25) is 0 Å². The molecule has 0 aliphatic carbocycles. The lowest BCUT2D eigenvalue weighted by Crippen LogP contribution is -2.15. The van der Waals surface area contributed by atoms with Crippen molar-refractivity contribution < 1.29 is 13.9 Å². The van der Waals surface area contributed by atoms with Crippen molar-refractivity contribution >= 4 is 11.8 Å². The van der Waals surface area contributed by atoms with E-state index in [-0.39, 0.29) is 12.0 Å². The van der Waals surface area contributed by atoms with Crippen LogP contribution in [-0.2, 0) is 6.42 Å². The molecule has 0 bridgehead atoms. The molecule has 1 rings (SSSR count). The van der Waals surface area contributed by atoms with Gasteiger partial charge in [-0.2, -0.15) is 11.8 Å². The van der Waals surface area contributed by atoms with Gasteiger partial charge in [-0.1, -0.05) is 6.07 Å². The summed E-state index contributed by atoms with van der Waals surface area (Å²) in [6.07, 6.45) is 1.16. The van der Waals surface area contributed by atoms with Crippen LogP contribution in [0.3, 0.4) is 0 Å². The molecule has 1 aromatic rings. The molecular weight excluding hydrogens is 206 g/mol. The van der Waals surface area contributed by atoms with E-state index in [4.69, 9.17) is 0 Å². The van der Waals surface area contributed by atoms with Gasteiger partial charge in [0.1, 0.15) is 11.6 Å². The summed E-state index contributed by atoms with van der Waals surface area (Å²) in [6, 6.07) is 3.71. The summed E-state index contributed by atoms with van der Waals surface area (Å²) in [5.41, 5.74) is -0.0333. The highest BCUT2D eigenvalue weighted by Gasteiger charge is 2.12. The summed E-state index contributed by atoms with van der Waals surface area (Å²) in [4.78, 5) is 0. The van der Waals surface area contributed by atoms with Gasteiger partial charge in [-0.25, -0.2) is 8.78 Å². The Labute approximate surface area is 86.1 Å². The fourth-order valence-electron chi connectivity index (χ4n) is 1.21. The molecule has 0 aliphatic rings. The molecule has 0 fully saturated rings. The summed E-state index contributed by atoms with van der Waals surface area (Å²) in [6.45, 7) is 0. The summed E-state index contributed by atoms with van der Waals surface area (Å²) in [7, 11) is 0. The predicted octanol–water partition coefficient (Wildman–Crippen LogP) is 2.23. The average Bonchev–Trinajstić information content (AvgIpc) is 2.12. The van der Waals surface area contributed by atoms with Crippen LogP contribution in [0.15, 0.2) is 18.2 Å². The third-order valence-electron chi connectivity index (χ3n) is 1.86. The van der Waals surface area contributed by atoms with Crippen LogP contribution in [0, 0.1) is 11.6 Å². The standard InChI is InChI=1S/C10H12F2OS/c1-14-6-7(13)5-8-9(11)3-2-4-10(8)12/h2-4,7,13H,5-6H2,1H3. The predicted molar refractivity (Wildman–Crippen MR) is 54.5 cm³/mol. The Morgan fingerprint density at radius 1 is 1.36 bits per heavy atom. The van der Waals surface area contributed by atoms with Crippen LogP contribution in [0.25, 0.3) is 0 Å². The number of thioether (sulfide) groups is 1. The molecule has 0 aromatic heterocycles. The van der Waals surface area contributed by atoms with E-state index in [0.717, 1.165) is 0 Å². The lowest BCUT2D eigenvalue weighted by atomic mass is 10.1. The van der Waals surface area contributed by atoms with Crippen molar-refractivity contribution in [2.24, 2.45) is 0 Å². The first-order valence-corrected chi connectivity index (χ1v) is 5.64. The molecule has 0 saturated carbocycles. The Balaban J connectivity index is 2.75. The van der Waals surface area contributed by atoms with Gasteiger partial charge in [-0.15, -0.1) is 0 Å². The normalized spacial score (nSPS) is 12.9. The van der Waals surface area contributed by atoms with E-state index in [1.807, 2.05) is 6.26 Å². The topological polar surface area (TPSA) is 20.2 Å². The van der Waals surface area contributed by atoms with E-state index in [1.54, 1.807) is 0 Å². The molecule has 14 heavy (non-hydrogen) atoms. The third kappa shape index (κ3) is 2.96. The van der Waals surface area contributed by atoms with Crippen LogP contribution >= 0.6 is 11.8 Å². The first-order chi connectivity index (χ1) is 6.65. The van der Waals surface area contributed by atoms with Crippen LogP contribution in [0.2, 0.25) is 0 Å². The minimum Gasteiger partial charge on any atom is -0.392 e. The van der Waals surface area contributed by atoms with E-state index >= 15 is 0 Å². The Morgan fingerprint density at radius 2 is 1.93 bits per heavy atom. The van der Waals surface area contributed by atoms with Crippen LogP contribution < -0.4 is 0 Å². The number of aliphatic hydroxyl groups is 1. The van der Waals surface area contributed by atoms with Crippen LogP contribution in [0.1, 0.15) is 5.56 Å². The van der Waals surface area contributed by atoms with Crippen LogP contribution in [0.4, 0.5) is 8.78 Å². The lowest BCUT2D eigenvalue weighted by molar-refractivity contribution is 0.197. The van der Waals surface area contributed by atoms with Crippen molar-refractivity contribution in [1.82, 2.24) is 0 Å². The monoisotopic (exact) mass is 218 g/mol. The SMILES string of the molecule is CSCC(O)Cc1c(F)cccc1F. The maximum atomic E-state index is 13.1. The number of halogens is 2. The van der Waals surface area contributed by atoms with Gasteiger partial charge >= 0.3 is 0 Å². The molecule has 1 N–H and O–H groups in total. The van der Waals surface area contributed by atoms with E-state index in [0.29, 0.717) is 5.75 Å². The molecule has 0 heterocycles. The smallest absolute Gasteiger partial charge is 0.129 e. The molecule has 4 heteroatoms. The Kier molecular flexibility index (Phi) is 4.35. The largest absolute Gasteiger partial charge is 0.392 e. The van der Waals surface area contributed by atoms with Crippen molar-refractivity contribution in [2.45, 2.75) is 12.5 Å². The van der Waals surface area contributed by atoms with Gasteiger partial charge < -0.3 is 5.11 Å². The van der Waals surface area contributed by atoms with Crippen LogP contribution in [-0.4, -0.2) is 23.2 Å². The average molecular weight is 218 g/mol. The lowest BCUT2D eigenvalue weighted by Gasteiger charge is -2.10. The van der Waals surface area contributed by atoms with Crippen molar-refractivity contribution in [3.05, 3.63) is 35.4 Å². The second kappa shape index (κ2) is 5.32. The maximum Gasteiger partial charge on any atom is 0.129 e. The minimum atomic E-state index is -0.698. The molecule has 0 saturated heterocycles. The van der Waals surface area contributed by atoms with Gasteiger partial charge in [0.15, 0.2) is 0 Å². The zero-order valence-corrected chi connectivity index (χ0v) is 8.65. The maximum absolute atomic E-state index is 13.1. The second-order valence-electron chi connectivity index (χ2n) is 3.01. The highest BCUT2D eigenvalue weighted by Crippen LogP contribution is 2.15. The molecule has 1 aromatic carbocycles. The molecule has 0 radical (unpaired) electrons. The molecule has 0 spiro atoms. The zero-order valence-electron chi connectivity index (χ0n) is 7.84. The van der Waals surface area contributed by atoms with Crippen molar-refractivity contribution in [1.29, 1.82) is 0 Å². The Hall–Kier alpha value is -0.610. The first-order valence-electron chi connectivity index (χ1n) is 4.25. The van der Waals surface area contributed by atoms with Gasteiger partial charge in [-0.05, 0) is 18.4 Å². The highest BCUT2D eigenvalue weighted by atomic mass is 32.2. The number of hydrogen-bond donors (Lipinski definition) is 1. The molecule has 1 nitrogen and oxygen atoms in total. The minimum absolute atomic E-state index is 0.0271. The van der Waals surface area contributed by atoms with Crippen molar-refractivity contribution in [2.75, 3.05) is 12.0 Å². The number of benzene rings is 1.